The molecule has 0 aromatic rings. The van der Waals surface area contributed by atoms with E-state index < -0.39 is 5.97 Å². The van der Waals surface area contributed by atoms with E-state index in [1.54, 1.807) is 6.92 Å². The number of carboxylic acid groups (broad SMARTS) is 1. The van der Waals surface area contributed by atoms with Crippen molar-refractivity contribution in [2.45, 2.75) is 40.0 Å². The van der Waals surface area contributed by atoms with Crippen LogP contribution in [0.2, 0.25) is 0 Å². The van der Waals surface area contributed by atoms with Gasteiger partial charge in [0.15, 0.2) is 0 Å². The number of carboxylic acids is 1. The van der Waals surface area contributed by atoms with Crippen LogP contribution < -0.4 is 5.32 Å². The molecule has 4 heteroatoms. The Morgan fingerprint density at radius 1 is 1.44 bits per heavy atom. The van der Waals surface area contributed by atoms with E-state index >= 15 is 0 Å². The maximum Gasteiger partial charge on any atom is 0.352 e. The Morgan fingerprint density at radius 2 is 2.00 bits per heavy atom. The van der Waals surface area contributed by atoms with Crippen molar-refractivity contribution in [2.75, 3.05) is 0 Å². The van der Waals surface area contributed by atoms with Gasteiger partial charge in [-0.15, -0.1) is 0 Å². The van der Waals surface area contributed by atoms with E-state index in [0.717, 1.165) is 19.3 Å². The molecule has 1 aliphatic carbocycles. The number of carbonyl (C=O) groups excluding carboxylic acids is 1. The standard InChI is InChI=1S/C12H19NO3/c1-4-9(11(15)16)13-10(14)8-7-12(8,5-2)6-3/h4,8H,5-7H2,1-3H3,(H,13,14)(H,15,16). The summed E-state index contributed by atoms with van der Waals surface area (Å²) >= 11 is 0. The number of hydrogen-bond donors (Lipinski definition) is 2. The van der Waals surface area contributed by atoms with E-state index in [0.29, 0.717) is 0 Å². The molecule has 1 aliphatic rings. The summed E-state index contributed by atoms with van der Waals surface area (Å²) in [5, 5.41) is 11.3. The van der Waals surface area contributed by atoms with Gasteiger partial charge in [-0.05, 0) is 31.6 Å². The Hall–Kier alpha value is -1.32. The van der Waals surface area contributed by atoms with Crippen LogP contribution in [0.25, 0.3) is 0 Å². The van der Waals surface area contributed by atoms with Crippen molar-refractivity contribution >= 4 is 11.9 Å². The van der Waals surface area contributed by atoms with Crippen LogP contribution in [0.4, 0.5) is 0 Å². The lowest BCUT2D eigenvalue weighted by Crippen LogP contribution is -2.30. The second-order valence-electron chi connectivity index (χ2n) is 4.32. The first kappa shape index (κ1) is 12.7. The molecule has 2 N–H and O–H groups in total. The Labute approximate surface area is 95.7 Å². The first-order valence-electron chi connectivity index (χ1n) is 5.71. The van der Waals surface area contributed by atoms with Crippen LogP contribution >= 0.6 is 0 Å². The monoisotopic (exact) mass is 225 g/mol. The number of hydrogen-bond acceptors (Lipinski definition) is 2. The van der Waals surface area contributed by atoms with Crippen LogP contribution in [-0.4, -0.2) is 17.0 Å². The minimum atomic E-state index is -1.09. The highest BCUT2D eigenvalue weighted by atomic mass is 16.4. The summed E-state index contributed by atoms with van der Waals surface area (Å²) in [6, 6.07) is 0. The van der Waals surface area contributed by atoms with Gasteiger partial charge in [0.2, 0.25) is 5.91 Å². The molecule has 4 nitrogen and oxygen atoms in total. The van der Waals surface area contributed by atoms with Crippen molar-refractivity contribution in [1.82, 2.24) is 5.32 Å². The lowest BCUT2D eigenvalue weighted by molar-refractivity contribution is -0.135. The zero-order valence-electron chi connectivity index (χ0n) is 10.0. The molecule has 16 heavy (non-hydrogen) atoms. The summed E-state index contributed by atoms with van der Waals surface area (Å²) in [4.78, 5) is 22.5. The zero-order chi connectivity index (χ0) is 12.3. The van der Waals surface area contributed by atoms with Crippen molar-refractivity contribution in [3.8, 4) is 0 Å². The van der Waals surface area contributed by atoms with E-state index in [4.69, 9.17) is 5.11 Å². The van der Waals surface area contributed by atoms with Crippen LogP contribution in [0.3, 0.4) is 0 Å². The number of aliphatic carboxylic acids is 1. The molecule has 1 amide bonds. The van der Waals surface area contributed by atoms with E-state index in [1.165, 1.54) is 6.08 Å². The summed E-state index contributed by atoms with van der Waals surface area (Å²) in [5.41, 5.74) is 0.0829. The maximum atomic E-state index is 11.8. The maximum absolute atomic E-state index is 11.8. The molecule has 0 saturated heterocycles. The number of rotatable bonds is 5. The van der Waals surface area contributed by atoms with E-state index in [1.807, 2.05) is 0 Å². The molecular formula is C12H19NO3. The molecule has 1 unspecified atom stereocenters. The average molecular weight is 225 g/mol. The summed E-state index contributed by atoms with van der Waals surface area (Å²) in [5.74, 6) is -1.26. The van der Waals surface area contributed by atoms with Gasteiger partial charge in [0, 0.05) is 5.92 Å². The highest BCUT2D eigenvalue weighted by molar-refractivity contribution is 5.94. The van der Waals surface area contributed by atoms with Gasteiger partial charge in [-0.2, -0.15) is 0 Å². The van der Waals surface area contributed by atoms with Crippen LogP contribution in [-0.2, 0) is 9.59 Å². The predicted octanol–water partition coefficient (Wildman–Crippen LogP) is 1.92. The van der Waals surface area contributed by atoms with Crippen LogP contribution in [0, 0.1) is 11.3 Å². The van der Waals surface area contributed by atoms with E-state index in [9.17, 15) is 9.59 Å². The highest BCUT2D eigenvalue weighted by Crippen LogP contribution is 2.57. The second kappa shape index (κ2) is 4.68. The second-order valence-corrected chi connectivity index (χ2v) is 4.32. The molecule has 1 saturated carbocycles. The summed E-state index contributed by atoms with van der Waals surface area (Å²) in [6.07, 6.45) is 4.23. The number of carbonyl (C=O) groups is 2. The summed E-state index contributed by atoms with van der Waals surface area (Å²) < 4.78 is 0. The molecule has 0 bridgehead atoms. The fourth-order valence-electron chi connectivity index (χ4n) is 2.22. The summed E-state index contributed by atoms with van der Waals surface area (Å²) in [7, 11) is 0. The van der Waals surface area contributed by atoms with E-state index in [2.05, 4.69) is 19.2 Å². The molecular weight excluding hydrogens is 206 g/mol. The third-order valence-electron chi connectivity index (χ3n) is 3.69. The normalized spacial score (nSPS) is 22.7. The van der Waals surface area contributed by atoms with Gasteiger partial charge < -0.3 is 10.4 Å². The van der Waals surface area contributed by atoms with E-state index in [-0.39, 0.29) is 22.9 Å². The largest absolute Gasteiger partial charge is 0.477 e. The number of amides is 1. The fraction of sp³-hybridized carbons (Fsp3) is 0.667. The first-order valence-corrected chi connectivity index (χ1v) is 5.71. The highest BCUT2D eigenvalue weighted by Gasteiger charge is 2.55. The van der Waals surface area contributed by atoms with Gasteiger partial charge in [-0.1, -0.05) is 19.9 Å². The third-order valence-corrected chi connectivity index (χ3v) is 3.69. The smallest absolute Gasteiger partial charge is 0.352 e. The van der Waals surface area contributed by atoms with Crippen molar-refractivity contribution < 1.29 is 14.7 Å². The van der Waals surface area contributed by atoms with Crippen molar-refractivity contribution in [2.24, 2.45) is 11.3 Å². The molecule has 90 valence electrons. The van der Waals surface area contributed by atoms with Gasteiger partial charge >= 0.3 is 5.97 Å². The lowest BCUT2D eigenvalue weighted by atomic mass is 9.97. The Morgan fingerprint density at radius 3 is 2.31 bits per heavy atom. The van der Waals surface area contributed by atoms with Crippen LogP contribution in [0.5, 0.6) is 0 Å². The molecule has 0 aliphatic heterocycles. The van der Waals surface area contributed by atoms with Crippen molar-refractivity contribution in [1.29, 1.82) is 0 Å². The van der Waals surface area contributed by atoms with Crippen LogP contribution in [0.1, 0.15) is 40.0 Å². The topological polar surface area (TPSA) is 66.4 Å². The zero-order valence-corrected chi connectivity index (χ0v) is 10.0. The van der Waals surface area contributed by atoms with Gasteiger partial charge in [-0.3, -0.25) is 4.79 Å². The number of allylic oxidation sites excluding steroid dienone is 1. The van der Waals surface area contributed by atoms with Crippen molar-refractivity contribution in [3.63, 3.8) is 0 Å². The molecule has 0 aromatic carbocycles. The van der Waals surface area contributed by atoms with Gasteiger partial charge in [-0.25, -0.2) is 4.79 Å². The van der Waals surface area contributed by atoms with Crippen molar-refractivity contribution in [3.05, 3.63) is 11.8 Å². The molecule has 0 spiro atoms. The Balaban J connectivity index is 2.59. The van der Waals surface area contributed by atoms with Crippen LogP contribution in [0.15, 0.2) is 11.8 Å². The molecule has 1 fully saturated rings. The summed E-state index contributed by atoms with van der Waals surface area (Å²) in [6.45, 7) is 5.75. The quantitative estimate of drug-likeness (QED) is 0.702. The molecule has 0 heterocycles. The van der Waals surface area contributed by atoms with Gasteiger partial charge in [0.1, 0.15) is 5.70 Å². The predicted molar refractivity (Wildman–Crippen MR) is 60.7 cm³/mol. The minimum Gasteiger partial charge on any atom is -0.477 e. The van der Waals surface area contributed by atoms with Gasteiger partial charge in [0.25, 0.3) is 0 Å². The molecule has 0 radical (unpaired) electrons. The third kappa shape index (κ3) is 2.26. The lowest BCUT2D eigenvalue weighted by Gasteiger charge is -2.12. The average Bonchev–Trinajstić information content (AvgIpc) is 3.00. The Kier molecular flexibility index (Phi) is 3.73. The fourth-order valence-corrected chi connectivity index (χ4v) is 2.22. The first-order chi connectivity index (χ1) is 7.50. The van der Waals surface area contributed by atoms with Gasteiger partial charge in [0.05, 0.1) is 0 Å². The molecule has 0 aromatic heterocycles. The SMILES string of the molecule is CC=C(NC(=O)C1CC1(CC)CC)C(=O)O. The number of nitrogens with one attached hydrogen (secondary N) is 1. The Bertz CT molecular complexity index is 329. The molecule has 1 atom stereocenters. The minimum absolute atomic E-state index is 0.0169. The molecule has 1 rings (SSSR count).